The molecule has 1 fully saturated rings. The zero-order valence-corrected chi connectivity index (χ0v) is 11.6. The number of amides is 1. The van der Waals surface area contributed by atoms with Crippen molar-refractivity contribution in [2.24, 2.45) is 5.92 Å². The van der Waals surface area contributed by atoms with E-state index in [1.807, 2.05) is 30.1 Å². The molecule has 0 radical (unpaired) electrons. The van der Waals surface area contributed by atoms with E-state index < -0.39 is 0 Å². The van der Waals surface area contributed by atoms with Crippen molar-refractivity contribution >= 4 is 5.91 Å². The topological polar surface area (TPSA) is 45.2 Å². The zero-order valence-electron chi connectivity index (χ0n) is 11.6. The van der Waals surface area contributed by atoms with Crippen LogP contribution in [-0.4, -0.2) is 42.5 Å². The van der Waals surface area contributed by atoms with Gasteiger partial charge < -0.3 is 10.2 Å². The molecule has 4 heteroatoms. The Kier molecular flexibility index (Phi) is 5.33. The van der Waals surface area contributed by atoms with Gasteiger partial charge in [-0.2, -0.15) is 0 Å². The van der Waals surface area contributed by atoms with Gasteiger partial charge in [-0.3, -0.25) is 9.78 Å². The number of rotatable bonds is 5. The fourth-order valence-electron chi connectivity index (χ4n) is 2.53. The van der Waals surface area contributed by atoms with Gasteiger partial charge >= 0.3 is 0 Å². The van der Waals surface area contributed by atoms with E-state index in [1.165, 1.54) is 12.8 Å². The zero-order chi connectivity index (χ0) is 13.5. The molecular weight excluding hydrogens is 238 g/mol. The average molecular weight is 261 g/mol. The molecule has 1 amide bonds. The first kappa shape index (κ1) is 14.0. The summed E-state index contributed by atoms with van der Waals surface area (Å²) in [4.78, 5) is 18.2. The highest BCUT2D eigenvalue weighted by atomic mass is 16.2. The van der Waals surface area contributed by atoms with Crippen LogP contribution < -0.4 is 5.32 Å². The van der Waals surface area contributed by atoms with Gasteiger partial charge in [0.05, 0.1) is 0 Å². The van der Waals surface area contributed by atoms with Gasteiger partial charge in [0.2, 0.25) is 5.91 Å². The van der Waals surface area contributed by atoms with Crippen molar-refractivity contribution in [3.63, 3.8) is 0 Å². The van der Waals surface area contributed by atoms with Crippen LogP contribution in [0.5, 0.6) is 0 Å². The second kappa shape index (κ2) is 7.24. The van der Waals surface area contributed by atoms with Crippen molar-refractivity contribution in [3.05, 3.63) is 30.1 Å². The summed E-state index contributed by atoms with van der Waals surface area (Å²) in [5, 5.41) is 3.35. The molecule has 0 unspecified atom stereocenters. The smallest absolute Gasteiger partial charge is 0.222 e. The molecule has 0 atom stereocenters. The fourth-order valence-corrected chi connectivity index (χ4v) is 2.53. The van der Waals surface area contributed by atoms with E-state index in [-0.39, 0.29) is 5.91 Å². The highest BCUT2D eigenvalue weighted by molar-refractivity contribution is 5.76. The van der Waals surface area contributed by atoms with Gasteiger partial charge in [0, 0.05) is 31.9 Å². The third kappa shape index (κ3) is 4.63. The third-order valence-electron chi connectivity index (χ3n) is 3.74. The van der Waals surface area contributed by atoms with Crippen LogP contribution in [0.1, 0.15) is 25.0 Å². The first-order valence-corrected chi connectivity index (χ1v) is 7.10. The lowest BCUT2D eigenvalue weighted by Gasteiger charge is -2.27. The van der Waals surface area contributed by atoms with E-state index in [0.29, 0.717) is 12.3 Å². The molecule has 19 heavy (non-hydrogen) atoms. The Labute approximate surface area is 115 Å². The summed E-state index contributed by atoms with van der Waals surface area (Å²) in [6.45, 7) is 3.06. The average Bonchev–Trinajstić information content (AvgIpc) is 2.47. The molecule has 0 spiro atoms. The molecule has 1 aliphatic heterocycles. The Bertz CT molecular complexity index is 388. The number of nitrogens with zero attached hydrogens (tertiary/aromatic N) is 2. The molecule has 0 aromatic carbocycles. The van der Waals surface area contributed by atoms with E-state index in [2.05, 4.69) is 10.3 Å². The van der Waals surface area contributed by atoms with Gasteiger partial charge in [0.25, 0.3) is 0 Å². The highest BCUT2D eigenvalue weighted by Gasteiger charge is 2.17. The molecule has 4 nitrogen and oxygen atoms in total. The van der Waals surface area contributed by atoms with Crippen molar-refractivity contribution in [1.82, 2.24) is 15.2 Å². The second-order valence-electron chi connectivity index (χ2n) is 5.29. The Morgan fingerprint density at radius 2 is 2.21 bits per heavy atom. The Morgan fingerprint density at radius 3 is 2.89 bits per heavy atom. The summed E-state index contributed by atoms with van der Waals surface area (Å²) < 4.78 is 0. The number of carbonyl (C=O) groups excluding carboxylic acids is 1. The van der Waals surface area contributed by atoms with Crippen molar-refractivity contribution < 1.29 is 4.79 Å². The number of aryl methyl sites for hydroxylation is 1. The number of hydrogen-bond donors (Lipinski definition) is 1. The van der Waals surface area contributed by atoms with Crippen LogP contribution in [-0.2, 0) is 11.2 Å². The molecule has 0 saturated carbocycles. The van der Waals surface area contributed by atoms with Gasteiger partial charge in [0.15, 0.2) is 0 Å². The summed E-state index contributed by atoms with van der Waals surface area (Å²) in [7, 11) is 1.92. The molecule has 1 saturated heterocycles. The molecule has 1 aromatic heterocycles. The number of piperidine rings is 1. The van der Waals surface area contributed by atoms with Gasteiger partial charge in [-0.25, -0.2) is 0 Å². The number of hydrogen-bond acceptors (Lipinski definition) is 3. The summed E-state index contributed by atoms with van der Waals surface area (Å²) in [6.07, 6.45) is 5.42. The number of pyridine rings is 1. The van der Waals surface area contributed by atoms with Crippen LogP contribution in [0.3, 0.4) is 0 Å². The van der Waals surface area contributed by atoms with Gasteiger partial charge in [0.1, 0.15) is 0 Å². The van der Waals surface area contributed by atoms with Crippen molar-refractivity contribution in [1.29, 1.82) is 0 Å². The largest absolute Gasteiger partial charge is 0.345 e. The second-order valence-corrected chi connectivity index (χ2v) is 5.29. The van der Waals surface area contributed by atoms with E-state index >= 15 is 0 Å². The summed E-state index contributed by atoms with van der Waals surface area (Å²) in [5.74, 6) is 0.884. The minimum absolute atomic E-state index is 0.226. The maximum Gasteiger partial charge on any atom is 0.222 e. The van der Waals surface area contributed by atoms with E-state index in [9.17, 15) is 4.79 Å². The molecule has 1 aromatic rings. The maximum atomic E-state index is 12.1. The molecule has 0 bridgehead atoms. The third-order valence-corrected chi connectivity index (χ3v) is 3.74. The van der Waals surface area contributed by atoms with Crippen LogP contribution in [0.25, 0.3) is 0 Å². The van der Waals surface area contributed by atoms with Gasteiger partial charge in [-0.15, -0.1) is 0 Å². The Hall–Kier alpha value is -1.42. The fraction of sp³-hybridized carbons (Fsp3) is 0.600. The van der Waals surface area contributed by atoms with Crippen LogP contribution in [0, 0.1) is 5.92 Å². The van der Waals surface area contributed by atoms with Crippen LogP contribution in [0.2, 0.25) is 0 Å². The first-order chi connectivity index (χ1) is 9.25. The minimum Gasteiger partial charge on any atom is -0.345 e. The van der Waals surface area contributed by atoms with Gasteiger partial charge in [-0.05, 0) is 50.4 Å². The highest BCUT2D eigenvalue weighted by Crippen LogP contribution is 2.13. The molecule has 0 aliphatic carbocycles. The normalized spacial score (nSPS) is 16.3. The number of aromatic nitrogens is 1. The van der Waals surface area contributed by atoms with E-state index in [4.69, 9.17) is 0 Å². The minimum atomic E-state index is 0.226. The quantitative estimate of drug-likeness (QED) is 0.873. The molecule has 104 valence electrons. The number of carbonyl (C=O) groups is 1. The van der Waals surface area contributed by atoms with Crippen molar-refractivity contribution in [2.45, 2.75) is 25.7 Å². The maximum absolute atomic E-state index is 12.1. The van der Waals surface area contributed by atoms with E-state index in [1.54, 1.807) is 6.20 Å². The Morgan fingerprint density at radius 1 is 1.42 bits per heavy atom. The van der Waals surface area contributed by atoms with E-state index in [0.717, 1.165) is 31.7 Å². The molecule has 2 heterocycles. The molecular formula is C15H23N3O. The van der Waals surface area contributed by atoms with Crippen LogP contribution in [0.15, 0.2) is 24.4 Å². The summed E-state index contributed by atoms with van der Waals surface area (Å²) in [6, 6.07) is 5.83. The lowest BCUT2D eigenvalue weighted by Crippen LogP contribution is -2.37. The summed E-state index contributed by atoms with van der Waals surface area (Å²) >= 11 is 0. The standard InChI is InChI=1S/C15H23N3O/c1-18(12-13-7-10-16-11-8-13)15(19)6-5-14-4-2-3-9-17-14/h2-4,9,13,16H,5-8,10-12H2,1H3. The molecule has 1 N–H and O–H groups in total. The van der Waals surface area contributed by atoms with Crippen LogP contribution in [0.4, 0.5) is 0 Å². The predicted octanol–water partition coefficient (Wildman–Crippen LogP) is 1.47. The lowest BCUT2D eigenvalue weighted by atomic mass is 9.97. The monoisotopic (exact) mass is 261 g/mol. The number of nitrogens with one attached hydrogen (secondary N) is 1. The van der Waals surface area contributed by atoms with Gasteiger partial charge in [-0.1, -0.05) is 6.07 Å². The predicted molar refractivity (Wildman–Crippen MR) is 75.8 cm³/mol. The SMILES string of the molecule is CN(CC1CCNCC1)C(=O)CCc1ccccn1. The van der Waals surface area contributed by atoms with Crippen molar-refractivity contribution in [2.75, 3.05) is 26.7 Å². The van der Waals surface area contributed by atoms with Crippen LogP contribution >= 0.6 is 0 Å². The Balaban J connectivity index is 1.72. The first-order valence-electron chi connectivity index (χ1n) is 7.10. The lowest BCUT2D eigenvalue weighted by molar-refractivity contribution is -0.130. The molecule has 2 rings (SSSR count). The van der Waals surface area contributed by atoms with Crippen molar-refractivity contribution in [3.8, 4) is 0 Å². The molecule has 1 aliphatic rings. The summed E-state index contributed by atoms with van der Waals surface area (Å²) in [5.41, 5.74) is 0.992.